The van der Waals surface area contributed by atoms with Crippen molar-refractivity contribution in [2.24, 2.45) is 5.10 Å². The number of hydrazone groups is 1. The number of anilines is 1. The van der Waals surface area contributed by atoms with Crippen LogP contribution in [0, 0.1) is 5.82 Å². The summed E-state index contributed by atoms with van der Waals surface area (Å²) < 4.78 is 18.5. The number of aromatic nitrogens is 2. The molecule has 2 heterocycles. The molecule has 0 aliphatic rings. The van der Waals surface area contributed by atoms with Crippen molar-refractivity contribution in [3.05, 3.63) is 65.6 Å². The number of thiophene rings is 1. The molecule has 146 valence electrons. The number of aromatic hydroxyl groups is 1. The molecule has 0 spiro atoms. The average Bonchev–Trinajstić information content (AvgIpc) is 3.18. The summed E-state index contributed by atoms with van der Waals surface area (Å²) in [7, 11) is 1.56. The van der Waals surface area contributed by atoms with Gasteiger partial charge < -0.3 is 9.84 Å². The molecule has 0 fully saturated rings. The molecule has 4 rings (SSSR count). The Balaban J connectivity index is 1.72. The summed E-state index contributed by atoms with van der Waals surface area (Å²) in [5.41, 5.74) is 5.84. The quantitative estimate of drug-likeness (QED) is 0.357. The third-order valence-electron chi connectivity index (χ3n) is 4.45. The molecule has 0 aliphatic heterocycles. The minimum atomic E-state index is -0.291. The van der Waals surface area contributed by atoms with Crippen molar-refractivity contribution in [2.75, 3.05) is 12.5 Å². The first-order valence-electron chi connectivity index (χ1n) is 8.72. The fraction of sp³-hybridized carbons (Fsp3) is 0.0952. The summed E-state index contributed by atoms with van der Waals surface area (Å²) in [6.07, 6.45) is 1.46. The molecule has 2 aromatic carbocycles. The summed E-state index contributed by atoms with van der Waals surface area (Å²) in [6, 6.07) is 11.2. The van der Waals surface area contributed by atoms with Crippen LogP contribution in [0.5, 0.6) is 11.5 Å². The fourth-order valence-corrected chi connectivity index (χ4v) is 3.85. The normalized spacial score (nSPS) is 11.6. The van der Waals surface area contributed by atoms with E-state index in [1.807, 2.05) is 5.38 Å². The van der Waals surface area contributed by atoms with Gasteiger partial charge in [-0.05, 0) is 42.8 Å². The highest BCUT2D eigenvalue weighted by Crippen LogP contribution is 2.36. The summed E-state index contributed by atoms with van der Waals surface area (Å²) in [5, 5.41) is 17.3. The molecule has 2 N–H and O–H groups in total. The van der Waals surface area contributed by atoms with Crippen LogP contribution in [-0.4, -0.2) is 27.9 Å². The lowest BCUT2D eigenvalue weighted by molar-refractivity contribution is 0.412. The van der Waals surface area contributed by atoms with Crippen LogP contribution in [0.15, 0.2) is 59.3 Å². The van der Waals surface area contributed by atoms with Crippen molar-refractivity contribution in [3.63, 3.8) is 0 Å². The molecule has 0 aliphatic carbocycles. The zero-order chi connectivity index (χ0) is 20.4. The van der Waals surface area contributed by atoms with E-state index >= 15 is 0 Å². The molecule has 6 nitrogen and oxygen atoms in total. The Morgan fingerprint density at radius 1 is 1.17 bits per heavy atom. The largest absolute Gasteiger partial charge is 0.507 e. The predicted molar refractivity (Wildman–Crippen MR) is 113 cm³/mol. The van der Waals surface area contributed by atoms with Crippen molar-refractivity contribution in [3.8, 4) is 22.6 Å². The maximum atomic E-state index is 13.3. The maximum absolute atomic E-state index is 13.3. The van der Waals surface area contributed by atoms with Crippen LogP contribution >= 0.6 is 11.3 Å². The van der Waals surface area contributed by atoms with Gasteiger partial charge >= 0.3 is 0 Å². The first-order chi connectivity index (χ1) is 14.1. The zero-order valence-corrected chi connectivity index (χ0v) is 16.5. The number of methoxy groups -OCH3 is 1. The van der Waals surface area contributed by atoms with Crippen LogP contribution in [0.4, 0.5) is 10.2 Å². The van der Waals surface area contributed by atoms with Gasteiger partial charge in [0.25, 0.3) is 0 Å². The van der Waals surface area contributed by atoms with E-state index in [0.29, 0.717) is 22.8 Å². The topological polar surface area (TPSA) is 79.6 Å². The molecule has 2 aromatic heterocycles. The zero-order valence-electron chi connectivity index (χ0n) is 15.7. The Morgan fingerprint density at radius 3 is 2.72 bits per heavy atom. The van der Waals surface area contributed by atoms with E-state index < -0.39 is 0 Å². The van der Waals surface area contributed by atoms with Gasteiger partial charge in [-0.1, -0.05) is 12.1 Å². The van der Waals surface area contributed by atoms with E-state index in [0.717, 1.165) is 21.3 Å². The van der Waals surface area contributed by atoms with Crippen LogP contribution in [0.2, 0.25) is 0 Å². The number of nitrogens with one attached hydrogen (secondary N) is 1. The van der Waals surface area contributed by atoms with Crippen molar-refractivity contribution >= 4 is 33.1 Å². The molecule has 29 heavy (non-hydrogen) atoms. The van der Waals surface area contributed by atoms with Crippen LogP contribution in [0.25, 0.3) is 21.3 Å². The molecule has 0 bridgehead atoms. The number of fused-ring (bicyclic) bond motifs is 1. The number of rotatable bonds is 5. The third kappa shape index (κ3) is 3.74. The van der Waals surface area contributed by atoms with E-state index in [1.54, 1.807) is 44.4 Å². The first kappa shape index (κ1) is 18.8. The lowest BCUT2D eigenvalue weighted by atomic mass is 10.1. The van der Waals surface area contributed by atoms with Crippen molar-refractivity contribution in [2.45, 2.75) is 6.92 Å². The van der Waals surface area contributed by atoms with Crippen LogP contribution in [0.3, 0.4) is 0 Å². The van der Waals surface area contributed by atoms with Crippen molar-refractivity contribution in [1.29, 1.82) is 0 Å². The molecule has 0 amide bonds. The number of hydrogen-bond acceptors (Lipinski definition) is 7. The van der Waals surface area contributed by atoms with Gasteiger partial charge in [-0.15, -0.1) is 11.3 Å². The molecule has 0 unspecified atom stereocenters. The van der Waals surface area contributed by atoms with E-state index in [9.17, 15) is 9.50 Å². The highest BCUT2D eigenvalue weighted by molar-refractivity contribution is 7.17. The smallest absolute Gasteiger partial charge is 0.159 e. The number of ether oxygens (including phenoxy) is 1. The second kappa shape index (κ2) is 7.84. The lowest BCUT2D eigenvalue weighted by Gasteiger charge is -2.08. The van der Waals surface area contributed by atoms with Crippen LogP contribution < -0.4 is 10.2 Å². The highest BCUT2D eigenvalue weighted by Gasteiger charge is 2.14. The van der Waals surface area contributed by atoms with Gasteiger partial charge in [-0.25, -0.2) is 14.4 Å². The standard InChI is InChI=1S/C21H17FN4O2S/c1-12(16-9-15(28-2)7-8-18(16)27)25-26-20-19-17(10-29-21(19)24-11-23-20)13-3-5-14(22)6-4-13/h3-11,27H,1-2H3,(H,23,24,26)/b25-12+. The second-order valence-electron chi connectivity index (χ2n) is 6.25. The van der Waals surface area contributed by atoms with E-state index in [4.69, 9.17) is 4.74 Å². The number of phenolic OH excluding ortho intramolecular Hbond substituents is 1. The third-order valence-corrected chi connectivity index (χ3v) is 5.33. The molecule has 8 heteroatoms. The van der Waals surface area contributed by atoms with Crippen molar-refractivity contribution < 1.29 is 14.2 Å². The maximum Gasteiger partial charge on any atom is 0.159 e. The predicted octanol–water partition coefficient (Wildman–Crippen LogP) is 5.05. The second-order valence-corrected chi connectivity index (χ2v) is 7.11. The van der Waals surface area contributed by atoms with Crippen LogP contribution in [-0.2, 0) is 0 Å². The van der Waals surface area contributed by atoms with Gasteiger partial charge in [0.15, 0.2) is 5.82 Å². The Kier molecular flexibility index (Phi) is 5.09. The summed E-state index contributed by atoms with van der Waals surface area (Å²) >= 11 is 1.48. The average molecular weight is 408 g/mol. The molecule has 0 saturated carbocycles. The van der Waals surface area contributed by atoms with Gasteiger partial charge in [-0.2, -0.15) is 5.10 Å². The molecular weight excluding hydrogens is 391 g/mol. The Hall–Kier alpha value is -3.52. The Labute approximate surface area is 170 Å². The minimum absolute atomic E-state index is 0.101. The van der Waals surface area contributed by atoms with Gasteiger partial charge in [0.2, 0.25) is 0 Å². The Morgan fingerprint density at radius 2 is 1.97 bits per heavy atom. The van der Waals surface area contributed by atoms with E-state index in [2.05, 4.69) is 20.5 Å². The SMILES string of the molecule is COc1ccc(O)c(/C(C)=N/Nc2ncnc3scc(-c4ccc(F)cc4)c23)c1. The van der Waals surface area contributed by atoms with E-state index in [1.165, 1.54) is 29.8 Å². The van der Waals surface area contributed by atoms with Crippen LogP contribution in [0.1, 0.15) is 12.5 Å². The molecule has 0 radical (unpaired) electrons. The molecule has 0 atom stereocenters. The molecule has 0 saturated heterocycles. The number of nitrogens with zero attached hydrogens (tertiary/aromatic N) is 3. The number of hydrogen-bond donors (Lipinski definition) is 2. The van der Waals surface area contributed by atoms with Gasteiger partial charge in [-0.3, -0.25) is 5.43 Å². The summed E-state index contributed by atoms with van der Waals surface area (Å²) in [5.74, 6) is 0.955. The highest BCUT2D eigenvalue weighted by atomic mass is 32.1. The van der Waals surface area contributed by atoms with Gasteiger partial charge in [0, 0.05) is 16.5 Å². The Bertz CT molecular complexity index is 1210. The first-order valence-corrected chi connectivity index (χ1v) is 9.60. The van der Waals surface area contributed by atoms with Crippen molar-refractivity contribution in [1.82, 2.24) is 9.97 Å². The van der Waals surface area contributed by atoms with E-state index in [-0.39, 0.29) is 11.6 Å². The molecular formula is C21H17FN4O2S. The number of halogens is 1. The fourth-order valence-electron chi connectivity index (χ4n) is 2.93. The summed E-state index contributed by atoms with van der Waals surface area (Å²) in [6.45, 7) is 1.77. The van der Waals surface area contributed by atoms with Gasteiger partial charge in [0.05, 0.1) is 18.2 Å². The lowest BCUT2D eigenvalue weighted by Crippen LogP contribution is -2.02. The summed E-state index contributed by atoms with van der Waals surface area (Å²) in [4.78, 5) is 9.43. The van der Waals surface area contributed by atoms with Gasteiger partial charge in [0.1, 0.15) is 28.5 Å². The monoisotopic (exact) mass is 408 g/mol. The minimum Gasteiger partial charge on any atom is -0.507 e. The number of phenols is 1. The number of benzene rings is 2. The molecule has 4 aromatic rings.